The highest BCUT2D eigenvalue weighted by molar-refractivity contribution is 6.12. The fourth-order valence-electron chi connectivity index (χ4n) is 1.38. The third-order valence-corrected chi connectivity index (χ3v) is 2.19. The summed E-state index contributed by atoms with van der Waals surface area (Å²) in [7, 11) is 0. The Hall–Kier alpha value is -1.97. The monoisotopic (exact) mass is 205 g/mol. The van der Waals surface area contributed by atoms with Crippen LogP contribution in [0.4, 0.5) is 4.39 Å². The zero-order chi connectivity index (χ0) is 10.8. The lowest BCUT2D eigenvalue weighted by molar-refractivity contribution is -0.137. The first-order chi connectivity index (χ1) is 7.18. The minimum atomic E-state index is -0.412. The number of nitrogens with zero attached hydrogens (tertiary/aromatic N) is 1. The van der Waals surface area contributed by atoms with Gasteiger partial charge in [0.2, 0.25) is 0 Å². The summed E-state index contributed by atoms with van der Waals surface area (Å²) in [6.45, 7) is -0.0165. The molecule has 0 aliphatic carbocycles. The third-order valence-electron chi connectivity index (χ3n) is 2.19. The predicted molar refractivity (Wildman–Crippen MR) is 51.1 cm³/mol. The van der Waals surface area contributed by atoms with Crippen LogP contribution in [0.1, 0.15) is 5.56 Å². The summed E-state index contributed by atoms with van der Waals surface area (Å²) >= 11 is 0. The van der Waals surface area contributed by atoms with E-state index in [1.54, 1.807) is 18.2 Å². The number of rotatable bonds is 2. The SMILES string of the molecule is O=C1C=CC(=O)N1Cc1ccccc1F. The summed E-state index contributed by atoms with van der Waals surface area (Å²) in [5, 5.41) is 0. The molecule has 15 heavy (non-hydrogen) atoms. The van der Waals surface area contributed by atoms with E-state index < -0.39 is 17.6 Å². The van der Waals surface area contributed by atoms with Crippen molar-refractivity contribution in [3.05, 3.63) is 47.8 Å². The normalized spacial score (nSPS) is 15.1. The van der Waals surface area contributed by atoms with Gasteiger partial charge in [-0.2, -0.15) is 0 Å². The molecule has 0 aromatic heterocycles. The Labute approximate surface area is 85.8 Å². The van der Waals surface area contributed by atoms with Crippen molar-refractivity contribution in [1.29, 1.82) is 0 Å². The molecule has 0 fully saturated rings. The quantitative estimate of drug-likeness (QED) is 0.681. The second kappa shape index (κ2) is 3.65. The molecule has 0 radical (unpaired) electrons. The predicted octanol–water partition coefficient (Wildman–Crippen LogP) is 1.25. The Balaban J connectivity index is 2.20. The van der Waals surface area contributed by atoms with E-state index in [0.29, 0.717) is 5.56 Å². The summed E-state index contributed by atoms with van der Waals surface area (Å²) in [4.78, 5) is 23.4. The summed E-state index contributed by atoms with van der Waals surface area (Å²) in [6.07, 6.45) is 2.37. The molecule has 4 heteroatoms. The van der Waals surface area contributed by atoms with Crippen molar-refractivity contribution in [1.82, 2.24) is 4.90 Å². The smallest absolute Gasteiger partial charge is 0.253 e. The highest BCUT2D eigenvalue weighted by Crippen LogP contribution is 2.13. The standard InChI is InChI=1S/C11H8FNO2/c12-9-4-2-1-3-8(9)7-13-10(14)5-6-11(13)15/h1-6H,7H2. The van der Waals surface area contributed by atoms with Gasteiger partial charge in [-0.3, -0.25) is 14.5 Å². The van der Waals surface area contributed by atoms with E-state index in [0.717, 1.165) is 4.90 Å². The van der Waals surface area contributed by atoms with Crippen LogP contribution >= 0.6 is 0 Å². The van der Waals surface area contributed by atoms with E-state index in [1.165, 1.54) is 18.2 Å². The highest BCUT2D eigenvalue weighted by atomic mass is 19.1. The van der Waals surface area contributed by atoms with E-state index in [4.69, 9.17) is 0 Å². The molecule has 0 spiro atoms. The lowest BCUT2D eigenvalue weighted by atomic mass is 10.2. The van der Waals surface area contributed by atoms with Crippen molar-refractivity contribution in [2.45, 2.75) is 6.54 Å². The van der Waals surface area contributed by atoms with Gasteiger partial charge in [0, 0.05) is 17.7 Å². The Bertz CT molecular complexity index is 436. The Morgan fingerprint density at radius 3 is 2.27 bits per heavy atom. The van der Waals surface area contributed by atoms with Crippen LogP contribution in [0, 0.1) is 5.82 Å². The maximum Gasteiger partial charge on any atom is 0.253 e. The van der Waals surface area contributed by atoms with Gasteiger partial charge in [-0.05, 0) is 6.07 Å². The first-order valence-corrected chi connectivity index (χ1v) is 4.45. The van der Waals surface area contributed by atoms with Crippen molar-refractivity contribution < 1.29 is 14.0 Å². The first-order valence-electron chi connectivity index (χ1n) is 4.45. The van der Waals surface area contributed by atoms with Crippen LogP contribution in [-0.2, 0) is 16.1 Å². The number of amides is 2. The van der Waals surface area contributed by atoms with E-state index in [1.807, 2.05) is 0 Å². The van der Waals surface area contributed by atoms with Crippen molar-refractivity contribution >= 4 is 11.8 Å². The fraction of sp³-hybridized carbons (Fsp3) is 0.0909. The minimum Gasteiger partial charge on any atom is -0.271 e. The number of halogens is 1. The van der Waals surface area contributed by atoms with Gasteiger partial charge in [-0.1, -0.05) is 18.2 Å². The van der Waals surface area contributed by atoms with Gasteiger partial charge in [-0.25, -0.2) is 4.39 Å². The van der Waals surface area contributed by atoms with Crippen molar-refractivity contribution in [3.8, 4) is 0 Å². The number of benzene rings is 1. The zero-order valence-corrected chi connectivity index (χ0v) is 7.81. The average Bonchev–Trinajstić information content (AvgIpc) is 2.53. The van der Waals surface area contributed by atoms with Gasteiger partial charge in [-0.15, -0.1) is 0 Å². The van der Waals surface area contributed by atoms with Gasteiger partial charge in [0.15, 0.2) is 0 Å². The summed E-state index contributed by atoms with van der Waals surface area (Å²) in [6, 6.07) is 6.07. The number of carbonyl (C=O) groups excluding carboxylic acids is 2. The molecule has 0 bridgehead atoms. The van der Waals surface area contributed by atoms with Gasteiger partial charge in [0.25, 0.3) is 11.8 Å². The van der Waals surface area contributed by atoms with Crippen LogP contribution in [0.15, 0.2) is 36.4 Å². The zero-order valence-electron chi connectivity index (χ0n) is 7.81. The van der Waals surface area contributed by atoms with Gasteiger partial charge in [0.1, 0.15) is 5.82 Å². The molecule has 1 aromatic rings. The van der Waals surface area contributed by atoms with Crippen LogP contribution in [0.5, 0.6) is 0 Å². The second-order valence-corrected chi connectivity index (χ2v) is 3.19. The Morgan fingerprint density at radius 2 is 1.67 bits per heavy atom. The van der Waals surface area contributed by atoms with E-state index >= 15 is 0 Å². The van der Waals surface area contributed by atoms with Gasteiger partial charge >= 0.3 is 0 Å². The number of hydrogen-bond acceptors (Lipinski definition) is 2. The molecule has 3 nitrogen and oxygen atoms in total. The van der Waals surface area contributed by atoms with Crippen LogP contribution in [0.2, 0.25) is 0 Å². The van der Waals surface area contributed by atoms with E-state index in [9.17, 15) is 14.0 Å². The number of hydrogen-bond donors (Lipinski definition) is 0. The molecule has 76 valence electrons. The lowest BCUT2D eigenvalue weighted by Gasteiger charge is -2.13. The average molecular weight is 205 g/mol. The fourth-order valence-corrected chi connectivity index (χ4v) is 1.38. The van der Waals surface area contributed by atoms with E-state index in [-0.39, 0.29) is 6.54 Å². The van der Waals surface area contributed by atoms with Crippen molar-refractivity contribution in [3.63, 3.8) is 0 Å². The topological polar surface area (TPSA) is 37.4 Å². The molecule has 1 aliphatic heterocycles. The molecule has 0 saturated carbocycles. The molecule has 1 aromatic carbocycles. The minimum absolute atomic E-state index is 0.0165. The molecular formula is C11H8FNO2. The highest BCUT2D eigenvalue weighted by Gasteiger charge is 2.23. The Morgan fingerprint density at radius 1 is 1.07 bits per heavy atom. The molecule has 1 aliphatic rings. The van der Waals surface area contributed by atoms with E-state index in [2.05, 4.69) is 0 Å². The second-order valence-electron chi connectivity index (χ2n) is 3.19. The Kier molecular flexibility index (Phi) is 2.33. The van der Waals surface area contributed by atoms with Crippen molar-refractivity contribution in [2.75, 3.05) is 0 Å². The first kappa shape index (κ1) is 9.58. The summed E-state index contributed by atoms with van der Waals surface area (Å²) in [5.41, 5.74) is 0.336. The molecule has 2 rings (SSSR count). The van der Waals surface area contributed by atoms with Crippen LogP contribution in [0.3, 0.4) is 0 Å². The molecule has 0 N–H and O–H groups in total. The summed E-state index contributed by atoms with van der Waals surface area (Å²) in [5.74, 6) is -1.21. The molecule has 0 atom stereocenters. The third kappa shape index (κ3) is 1.79. The molecule has 0 unspecified atom stereocenters. The summed E-state index contributed by atoms with van der Waals surface area (Å²) < 4.78 is 13.2. The largest absolute Gasteiger partial charge is 0.271 e. The maximum atomic E-state index is 13.2. The van der Waals surface area contributed by atoms with Crippen LogP contribution in [-0.4, -0.2) is 16.7 Å². The van der Waals surface area contributed by atoms with Gasteiger partial charge < -0.3 is 0 Å². The molecule has 2 amide bonds. The molecular weight excluding hydrogens is 197 g/mol. The lowest BCUT2D eigenvalue weighted by Crippen LogP contribution is -2.29. The molecule has 1 heterocycles. The number of imide groups is 1. The van der Waals surface area contributed by atoms with Crippen LogP contribution in [0.25, 0.3) is 0 Å². The number of carbonyl (C=O) groups is 2. The van der Waals surface area contributed by atoms with Crippen molar-refractivity contribution in [2.24, 2.45) is 0 Å². The maximum absolute atomic E-state index is 13.2. The van der Waals surface area contributed by atoms with Gasteiger partial charge in [0.05, 0.1) is 6.54 Å². The van der Waals surface area contributed by atoms with Crippen LogP contribution < -0.4 is 0 Å². The molecule has 0 saturated heterocycles.